The fraction of sp³-hybridized carbons (Fsp3) is 1.00. The van der Waals surface area contributed by atoms with Crippen LogP contribution in [0.4, 0.5) is 0 Å². The van der Waals surface area contributed by atoms with E-state index in [-0.39, 0.29) is 0 Å². The average Bonchev–Trinajstić information content (AvgIpc) is 2.96. The summed E-state index contributed by atoms with van der Waals surface area (Å²) in [5.74, 6) is 0.769. The lowest BCUT2D eigenvalue weighted by Gasteiger charge is -2.38. The van der Waals surface area contributed by atoms with Crippen LogP contribution in [-0.4, -0.2) is 62.9 Å². The van der Waals surface area contributed by atoms with Crippen LogP contribution < -0.4 is 10.6 Å². The zero-order chi connectivity index (χ0) is 14.7. The molecule has 0 spiro atoms. The molecule has 5 unspecified atom stereocenters. The van der Waals surface area contributed by atoms with Crippen LogP contribution in [0.5, 0.6) is 0 Å². The van der Waals surface area contributed by atoms with Crippen molar-refractivity contribution in [2.75, 3.05) is 33.9 Å². The van der Waals surface area contributed by atoms with Gasteiger partial charge in [-0.25, -0.2) is 0 Å². The third kappa shape index (κ3) is 3.98. The summed E-state index contributed by atoms with van der Waals surface area (Å²) in [7, 11) is 4.46. The van der Waals surface area contributed by atoms with Gasteiger partial charge in [-0.05, 0) is 52.1 Å². The van der Waals surface area contributed by atoms with E-state index in [0.29, 0.717) is 12.1 Å². The summed E-state index contributed by atoms with van der Waals surface area (Å²) in [4.78, 5) is 2.41. The van der Waals surface area contributed by atoms with E-state index in [1.807, 2.05) is 0 Å². The summed E-state index contributed by atoms with van der Waals surface area (Å²) >= 11 is 0. The molecule has 4 nitrogen and oxygen atoms in total. The molecule has 0 aromatic heterocycles. The molecule has 3 fully saturated rings. The molecule has 2 aliphatic carbocycles. The van der Waals surface area contributed by atoms with E-state index in [9.17, 15) is 0 Å². The highest BCUT2D eigenvalue weighted by Gasteiger charge is 2.36. The van der Waals surface area contributed by atoms with E-state index in [2.05, 4.69) is 29.6 Å². The lowest BCUT2D eigenvalue weighted by molar-refractivity contribution is 0.0506. The quantitative estimate of drug-likeness (QED) is 0.826. The Morgan fingerprint density at radius 1 is 1.10 bits per heavy atom. The second kappa shape index (κ2) is 7.40. The second-order valence-corrected chi connectivity index (χ2v) is 7.48. The maximum absolute atomic E-state index is 5.68. The number of nitrogens with zero attached hydrogens (tertiary/aromatic N) is 1. The highest BCUT2D eigenvalue weighted by Crippen LogP contribution is 2.31. The maximum atomic E-state index is 5.68. The highest BCUT2D eigenvalue weighted by atomic mass is 16.5. The van der Waals surface area contributed by atoms with Gasteiger partial charge in [0.15, 0.2) is 0 Å². The van der Waals surface area contributed by atoms with Gasteiger partial charge >= 0.3 is 0 Å². The summed E-state index contributed by atoms with van der Waals surface area (Å²) in [6.45, 7) is 2.82. The lowest BCUT2D eigenvalue weighted by Crippen LogP contribution is -2.53. The first-order valence-electron chi connectivity index (χ1n) is 8.97. The predicted molar refractivity (Wildman–Crippen MR) is 86.6 cm³/mol. The van der Waals surface area contributed by atoms with Gasteiger partial charge in [-0.3, -0.25) is 0 Å². The molecule has 0 bridgehead atoms. The molecule has 4 heteroatoms. The van der Waals surface area contributed by atoms with Crippen molar-refractivity contribution in [2.24, 2.45) is 5.92 Å². The van der Waals surface area contributed by atoms with Gasteiger partial charge in [-0.2, -0.15) is 0 Å². The summed E-state index contributed by atoms with van der Waals surface area (Å²) in [5, 5.41) is 7.71. The van der Waals surface area contributed by atoms with Crippen LogP contribution in [0.3, 0.4) is 0 Å². The predicted octanol–water partition coefficient (Wildman–Crippen LogP) is 1.61. The number of rotatable bonds is 4. The average molecular weight is 295 g/mol. The van der Waals surface area contributed by atoms with Crippen molar-refractivity contribution in [1.82, 2.24) is 15.5 Å². The zero-order valence-corrected chi connectivity index (χ0v) is 13.8. The molecule has 0 aromatic rings. The van der Waals surface area contributed by atoms with Crippen LogP contribution in [0.1, 0.15) is 44.9 Å². The molecule has 21 heavy (non-hydrogen) atoms. The Morgan fingerprint density at radius 2 is 1.95 bits per heavy atom. The van der Waals surface area contributed by atoms with Gasteiger partial charge < -0.3 is 20.3 Å². The van der Waals surface area contributed by atoms with E-state index in [4.69, 9.17) is 4.74 Å². The second-order valence-electron chi connectivity index (χ2n) is 7.48. The monoisotopic (exact) mass is 295 g/mol. The summed E-state index contributed by atoms with van der Waals surface area (Å²) in [6, 6.07) is 2.77. The summed E-state index contributed by atoms with van der Waals surface area (Å²) in [6.07, 6.45) is 9.53. The Labute approximate surface area is 130 Å². The van der Waals surface area contributed by atoms with E-state index in [0.717, 1.165) is 37.8 Å². The summed E-state index contributed by atoms with van der Waals surface area (Å²) in [5.41, 5.74) is 0. The molecular formula is C17H33N3O. The largest absolute Gasteiger partial charge is 0.379 e. The smallest absolute Gasteiger partial charge is 0.0623 e. The van der Waals surface area contributed by atoms with E-state index in [1.54, 1.807) is 0 Å². The Kier molecular flexibility index (Phi) is 5.54. The van der Waals surface area contributed by atoms with Crippen LogP contribution in [0, 0.1) is 5.92 Å². The van der Waals surface area contributed by atoms with E-state index in [1.165, 1.54) is 44.9 Å². The van der Waals surface area contributed by atoms with Crippen LogP contribution in [0.25, 0.3) is 0 Å². The van der Waals surface area contributed by atoms with Gasteiger partial charge in [0.25, 0.3) is 0 Å². The zero-order valence-electron chi connectivity index (χ0n) is 13.8. The third-order valence-electron chi connectivity index (χ3n) is 5.86. The van der Waals surface area contributed by atoms with E-state index < -0.39 is 0 Å². The van der Waals surface area contributed by atoms with Gasteiger partial charge in [0.05, 0.1) is 13.2 Å². The molecular weight excluding hydrogens is 262 g/mol. The highest BCUT2D eigenvalue weighted by molar-refractivity contribution is 4.94. The molecule has 3 rings (SSSR count). The molecule has 3 aliphatic rings. The number of hydrogen-bond donors (Lipinski definition) is 2. The Morgan fingerprint density at radius 3 is 2.71 bits per heavy atom. The molecule has 0 amide bonds. The van der Waals surface area contributed by atoms with Crippen LogP contribution in [-0.2, 0) is 4.74 Å². The standard InChI is InChI=1S/C17H33N3O/c1-20(2)14-6-3-5-13(11-14)19-16-8-4-7-15(16)17-12-21-10-9-18-17/h13-19H,3-12H2,1-2H3. The van der Waals surface area contributed by atoms with Crippen LogP contribution in [0.15, 0.2) is 0 Å². The SMILES string of the molecule is CN(C)C1CCCC(NC2CCCC2C2COCCN2)C1. The number of ether oxygens (including phenoxy) is 1. The minimum Gasteiger partial charge on any atom is -0.379 e. The fourth-order valence-corrected chi connectivity index (χ4v) is 4.63. The molecule has 5 atom stereocenters. The molecule has 0 aromatic carbocycles. The minimum absolute atomic E-state index is 0.576. The topological polar surface area (TPSA) is 36.5 Å². The molecule has 2 N–H and O–H groups in total. The van der Waals surface area contributed by atoms with Crippen molar-refractivity contribution < 1.29 is 4.74 Å². The Balaban J connectivity index is 1.53. The van der Waals surface area contributed by atoms with Crippen LogP contribution >= 0.6 is 0 Å². The van der Waals surface area contributed by atoms with Crippen LogP contribution in [0.2, 0.25) is 0 Å². The minimum atomic E-state index is 0.576. The van der Waals surface area contributed by atoms with Gasteiger partial charge in [0.1, 0.15) is 0 Å². The number of hydrogen-bond acceptors (Lipinski definition) is 4. The van der Waals surface area contributed by atoms with Gasteiger partial charge in [-0.1, -0.05) is 12.8 Å². The third-order valence-corrected chi connectivity index (χ3v) is 5.86. The molecule has 1 heterocycles. The van der Waals surface area contributed by atoms with Gasteiger partial charge in [0, 0.05) is 30.7 Å². The molecule has 1 aliphatic heterocycles. The van der Waals surface area contributed by atoms with Gasteiger partial charge in [0.2, 0.25) is 0 Å². The molecule has 1 saturated heterocycles. The first-order chi connectivity index (χ1) is 10.2. The molecule has 2 saturated carbocycles. The van der Waals surface area contributed by atoms with E-state index >= 15 is 0 Å². The Bertz CT molecular complexity index is 317. The molecule has 122 valence electrons. The van der Waals surface area contributed by atoms with Crippen molar-refractivity contribution in [2.45, 2.75) is 69.1 Å². The molecule has 0 radical (unpaired) electrons. The number of nitrogens with one attached hydrogen (secondary N) is 2. The van der Waals surface area contributed by atoms with Crippen molar-refractivity contribution >= 4 is 0 Å². The normalized spacial score (nSPS) is 41.6. The lowest BCUT2D eigenvalue weighted by atomic mass is 9.88. The fourth-order valence-electron chi connectivity index (χ4n) is 4.63. The number of morpholine rings is 1. The van der Waals surface area contributed by atoms with Crippen molar-refractivity contribution in [1.29, 1.82) is 0 Å². The summed E-state index contributed by atoms with van der Waals surface area (Å²) < 4.78 is 5.68. The van der Waals surface area contributed by atoms with Crippen molar-refractivity contribution in [3.05, 3.63) is 0 Å². The van der Waals surface area contributed by atoms with Crippen molar-refractivity contribution in [3.63, 3.8) is 0 Å². The first kappa shape index (κ1) is 15.7. The first-order valence-corrected chi connectivity index (χ1v) is 8.97. The van der Waals surface area contributed by atoms with Crippen molar-refractivity contribution in [3.8, 4) is 0 Å². The van der Waals surface area contributed by atoms with Gasteiger partial charge in [-0.15, -0.1) is 0 Å². The Hall–Kier alpha value is -0.160. The maximum Gasteiger partial charge on any atom is 0.0623 e.